The van der Waals surface area contributed by atoms with Gasteiger partial charge in [0.05, 0.1) is 17.9 Å². The van der Waals surface area contributed by atoms with Crippen molar-refractivity contribution < 1.29 is 0 Å². The average Bonchev–Trinajstić information content (AvgIpc) is 3.19. The molecule has 6 heteroatoms. The van der Waals surface area contributed by atoms with E-state index >= 15 is 0 Å². The lowest BCUT2D eigenvalue weighted by Crippen LogP contribution is -2.10. The zero-order valence-corrected chi connectivity index (χ0v) is 12.1. The third-order valence-corrected chi connectivity index (χ3v) is 3.36. The highest BCUT2D eigenvalue weighted by Gasteiger charge is 2.12. The standard InChI is InChI=1S/C15H18N6/c1-3-20-11-13(10-18-20)12(2)19-14-6-4-7-16-15(14)21-9-5-8-17-21/h4-12,19H,3H2,1-2H3. The summed E-state index contributed by atoms with van der Waals surface area (Å²) in [5, 5.41) is 12.0. The molecule has 3 heterocycles. The zero-order valence-electron chi connectivity index (χ0n) is 12.1. The molecule has 1 atom stereocenters. The Kier molecular flexibility index (Phi) is 3.68. The summed E-state index contributed by atoms with van der Waals surface area (Å²) in [7, 11) is 0. The Morgan fingerprint density at radius 2 is 2.14 bits per heavy atom. The van der Waals surface area contributed by atoms with Crippen LogP contribution < -0.4 is 5.32 Å². The normalized spacial score (nSPS) is 12.3. The van der Waals surface area contributed by atoms with Crippen molar-refractivity contribution in [2.24, 2.45) is 0 Å². The molecule has 0 aromatic carbocycles. The van der Waals surface area contributed by atoms with Gasteiger partial charge in [0.25, 0.3) is 0 Å². The lowest BCUT2D eigenvalue weighted by Gasteiger charge is -2.16. The van der Waals surface area contributed by atoms with Crippen LogP contribution in [0.1, 0.15) is 25.5 Å². The van der Waals surface area contributed by atoms with Crippen molar-refractivity contribution in [3.63, 3.8) is 0 Å². The van der Waals surface area contributed by atoms with E-state index in [1.165, 1.54) is 0 Å². The van der Waals surface area contributed by atoms with Gasteiger partial charge in [0.2, 0.25) is 0 Å². The maximum absolute atomic E-state index is 4.41. The first-order valence-electron chi connectivity index (χ1n) is 7.02. The second-order valence-corrected chi connectivity index (χ2v) is 4.82. The van der Waals surface area contributed by atoms with Crippen LogP contribution in [0.4, 0.5) is 5.69 Å². The number of rotatable bonds is 5. The number of nitrogens with one attached hydrogen (secondary N) is 1. The fraction of sp³-hybridized carbons (Fsp3) is 0.267. The maximum Gasteiger partial charge on any atom is 0.176 e. The van der Waals surface area contributed by atoms with E-state index in [2.05, 4.69) is 40.5 Å². The first kappa shape index (κ1) is 13.4. The smallest absolute Gasteiger partial charge is 0.176 e. The summed E-state index contributed by atoms with van der Waals surface area (Å²) >= 11 is 0. The van der Waals surface area contributed by atoms with E-state index in [-0.39, 0.29) is 6.04 Å². The minimum atomic E-state index is 0.142. The molecule has 0 bridgehead atoms. The molecule has 108 valence electrons. The van der Waals surface area contributed by atoms with Gasteiger partial charge in [-0.3, -0.25) is 4.68 Å². The van der Waals surface area contributed by atoms with E-state index in [1.54, 1.807) is 17.1 Å². The van der Waals surface area contributed by atoms with Gasteiger partial charge in [-0.15, -0.1) is 0 Å². The molecule has 0 saturated carbocycles. The van der Waals surface area contributed by atoms with Crippen molar-refractivity contribution in [3.05, 3.63) is 54.7 Å². The minimum absolute atomic E-state index is 0.142. The molecule has 0 amide bonds. The molecule has 0 aliphatic rings. The predicted molar refractivity (Wildman–Crippen MR) is 81.3 cm³/mol. The molecule has 6 nitrogen and oxygen atoms in total. The lowest BCUT2D eigenvalue weighted by atomic mass is 10.2. The van der Waals surface area contributed by atoms with E-state index in [0.717, 1.165) is 23.6 Å². The van der Waals surface area contributed by atoms with Gasteiger partial charge in [-0.2, -0.15) is 10.2 Å². The number of aromatic nitrogens is 5. The van der Waals surface area contributed by atoms with Crippen LogP contribution in [0.3, 0.4) is 0 Å². The van der Waals surface area contributed by atoms with E-state index < -0.39 is 0 Å². The quantitative estimate of drug-likeness (QED) is 0.781. The monoisotopic (exact) mass is 282 g/mol. The van der Waals surface area contributed by atoms with Crippen molar-refractivity contribution in [1.82, 2.24) is 24.5 Å². The molecule has 21 heavy (non-hydrogen) atoms. The highest BCUT2D eigenvalue weighted by atomic mass is 15.3. The van der Waals surface area contributed by atoms with Crippen molar-refractivity contribution in [3.8, 4) is 5.82 Å². The van der Waals surface area contributed by atoms with Gasteiger partial charge in [-0.1, -0.05) is 0 Å². The Morgan fingerprint density at radius 3 is 2.86 bits per heavy atom. The second-order valence-electron chi connectivity index (χ2n) is 4.82. The maximum atomic E-state index is 4.41. The molecular weight excluding hydrogens is 264 g/mol. The van der Waals surface area contributed by atoms with E-state index in [9.17, 15) is 0 Å². The second kappa shape index (κ2) is 5.78. The van der Waals surface area contributed by atoms with Crippen LogP contribution in [0.15, 0.2) is 49.2 Å². The Hall–Kier alpha value is -2.63. The van der Waals surface area contributed by atoms with Gasteiger partial charge in [-0.05, 0) is 32.0 Å². The molecule has 3 aromatic heterocycles. The number of hydrogen-bond donors (Lipinski definition) is 1. The summed E-state index contributed by atoms with van der Waals surface area (Å²) in [6.45, 7) is 5.06. The summed E-state index contributed by atoms with van der Waals surface area (Å²) in [5.74, 6) is 0.789. The van der Waals surface area contributed by atoms with Crippen LogP contribution in [0, 0.1) is 0 Å². The Balaban J connectivity index is 1.85. The topological polar surface area (TPSA) is 60.6 Å². The fourth-order valence-electron chi connectivity index (χ4n) is 2.18. The molecule has 0 saturated heterocycles. The molecule has 3 aromatic rings. The largest absolute Gasteiger partial charge is 0.375 e. The van der Waals surface area contributed by atoms with Crippen molar-refractivity contribution in [2.45, 2.75) is 26.4 Å². The summed E-state index contributed by atoms with van der Waals surface area (Å²) in [5.41, 5.74) is 2.09. The van der Waals surface area contributed by atoms with Crippen LogP contribution in [-0.4, -0.2) is 24.5 Å². The lowest BCUT2D eigenvalue weighted by molar-refractivity contribution is 0.658. The fourth-order valence-corrected chi connectivity index (χ4v) is 2.18. The number of nitrogens with zero attached hydrogens (tertiary/aromatic N) is 5. The summed E-state index contributed by atoms with van der Waals surface area (Å²) < 4.78 is 3.68. The summed E-state index contributed by atoms with van der Waals surface area (Å²) in [6.07, 6.45) is 9.34. The van der Waals surface area contributed by atoms with Crippen LogP contribution >= 0.6 is 0 Å². The van der Waals surface area contributed by atoms with Gasteiger partial charge in [0, 0.05) is 36.9 Å². The molecule has 1 unspecified atom stereocenters. The highest BCUT2D eigenvalue weighted by molar-refractivity contribution is 5.57. The predicted octanol–water partition coefficient (Wildman–Crippen LogP) is 2.66. The van der Waals surface area contributed by atoms with E-state index in [4.69, 9.17) is 0 Å². The van der Waals surface area contributed by atoms with Gasteiger partial charge >= 0.3 is 0 Å². The Labute approximate surface area is 123 Å². The van der Waals surface area contributed by atoms with E-state index in [1.807, 2.05) is 35.3 Å². The Bertz CT molecular complexity index is 701. The molecule has 1 N–H and O–H groups in total. The molecule has 0 radical (unpaired) electrons. The van der Waals surface area contributed by atoms with Crippen LogP contribution in [0.25, 0.3) is 5.82 Å². The first-order chi connectivity index (χ1) is 10.3. The van der Waals surface area contributed by atoms with Crippen molar-refractivity contribution in [1.29, 1.82) is 0 Å². The average molecular weight is 282 g/mol. The molecular formula is C15H18N6. The molecule has 0 aliphatic heterocycles. The highest BCUT2D eigenvalue weighted by Crippen LogP contribution is 2.22. The number of pyridine rings is 1. The zero-order chi connectivity index (χ0) is 14.7. The van der Waals surface area contributed by atoms with E-state index in [0.29, 0.717) is 0 Å². The van der Waals surface area contributed by atoms with Gasteiger partial charge in [0.1, 0.15) is 0 Å². The third-order valence-electron chi connectivity index (χ3n) is 3.36. The van der Waals surface area contributed by atoms with Crippen LogP contribution in [0.5, 0.6) is 0 Å². The first-order valence-corrected chi connectivity index (χ1v) is 7.02. The molecule has 0 spiro atoms. The number of hydrogen-bond acceptors (Lipinski definition) is 4. The molecule has 0 fully saturated rings. The summed E-state index contributed by atoms with van der Waals surface area (Å²) in [4.78, 5) is 4.41. The SMILES string of the molecule is CCn1cc(C(C)Nc2cccnc2-n2cccn2)cn1. The van der Waals surface area contributed by atoms with Gasteiger partial charge in [0.15, 0.2) is 5.82 Å². The molecule has 0 aliphatic carbocycles. The Morgan fingerprint density at radius 1 is 1.24 bits per heavy atom. The summed E-state index contributed by atoms with van der Waals surface area (Å²) in [6, 6.07) is 5.94. The van der Waals surface area contributed by atoms with Crippen LogP contribution in [-0.2, 0) is 6.54 Å². The van der Waals surface area contributed by atoms with Crippen molar-refractivity contribution in [2.75, 3.05) is 5.32 Å². The third kappa shape index (κ3) is 2.79. The number of anilines is 1. The van der Waals surface area contributed by atoms with Gasteiger partial charge < -0.3 is 5.32 Å². The van der Waals surface area contributed by atoms with Crippen molar-refractivity contribution >= 4 is 5.69 Å². The number of aryl methyl sites for hydroxylation is 1. The minimum Gasteiger partial charge on any atom is -0.375 e. The van der Waals surface area contributed by atoms with Crippen LogP contribution in [0.2, 0.25) is 0 Å². The van der Waals surface area contributed by atoms with Gasteiger partial charge in [-0.25, -0.2) is 9.67 Å². The molecule has 3 rings (SSSR count).